The minimum Gasteiger partial charge on any atom is -0.507 e. The fourth-order valence-electron chi connectivity index (χ4n) is 3.39. The zero-order valence-corrected chi connectivity index (χ0v) is 16.0. The number of hydrogen-bond acceptors (Lipinski definition) is 7. The number of benzene rings is 2. The maximum atomic E-state index is 13.3. The zero-order valence-electron chi connectivity index (χ0n) is 16.0. The summed E-state index contributed by atoms with van der Waals surface area (Å²) >= 11 is 0. The first-order valence-electron chi connectivity index (χ1n) is 9.02. The molecule has 1 aliphatic rings. The summed E-state index contributed by atoms with van der Waals surface area (Å²) in [6.45, 7) is 1.60. The van der Waals surface area contributed by atoms with Crippen LogP contribution in [0.1, 0.15) is 22.9 Å². The summed E-state index contributed by atoms with van der Waals surface area (Å²) in [4.78, 5) is 37.2. The van der Waals surface area contributed by atoms with Gasteiger partial charge in [0.15, 0.2) is 5.82 Å². The van der Waals surface area contributed by atoms with Gasteiger partial charge >= 0.3 is 5.91 Å². The number of nitro groups is 1. The van der Waals surface area contributed by atoms with Crippen molar-refractivity contribution in [1.29, 1.82) is 0 Å². The fourth-order valence-corrected chi connectivity index (χ4v) is 3.39. The molecule has 1 amide bonds. The summed E-state index contributed by atoms with van der Waals surface area (Å²) in [7, 11) is 0. The molecule has 1 aliphatic heterocycles. The van der Waals surface area contributed by atoms with Gasteiger partial charge in [-0.3, -0.25) is 24.6 Å². The van der Waals surface area contributed by atoms with Crippen molar-refractivity contribution in [2.24, 2.45) is 0 Å². The van der Waals surface area contributed by atoms with Crippen LogP contribution in [0.2, 0.25) is 0 Å². The van der Waals surface area contributed by atoms with Gasteiger partial charge in [0.1, 0.15) is 17.3 Å². The Morgan fingerprint density at radius 1 is 1.16 bits per heavy atom. The number of carbonyl (C=O) groups excluding carboxylic acids is 2. The van der Waals surface area contributed by atoms with Crippen molar-refractivity contribution in [2.75, 3.05) is 4.90 Å². The molecule has 10 heteroatoms. The summed E-state index contributed by atoms with van der Waals surface area (Å²) in [6.07, 6.45) is 0. The number of non-ortho nitro benzene ring substituents is 1. The van der Waals surface area contributed by atoms with E-state index in [1.807, 2.05) is 0 Å². The number of amides is 1. The lowest BCUT2D eigenvalue weighted by atomic mass is 9.95. The maximum Gasteiger partial charge on any atom is 0.301 e. The van der Waals surface area contributed by atoms with Gasteiger partial charge in [0, 0.05) is 23.8 Å². The Balaban J connectivity index is 1.92. The number of rotatable bonds is 4. The molecule has 156 valence electrons. The van der Waals surface area contributed by atoms with Gasteiger partial charge in [-0.25, -0.2) is 4.39 Å². The Kier molecular flexibility index (Phi) is 4.82. The Morgan fingerprint density at radius 2 is 1.81 bits per heavy atom. The first-order valence-corrected chi connectivity index (χ1v) is 9.02. The summed E-state index contributed by atoms with van der Waals surface area (Å²) in [5.74, 6) is -2.56. The molecule has 1 aromatic heterocycles. The lowest BCUT2D eigenvalue weighted by molar-refractivity contribution is -0.384. The molecule has 9 nitrogen and oxygen atoms in total. The van der Waals surface area contributed by atoms with Crippen molar-refractivity contribution in [2.45, 2.75) is 13.0 Å². The molecule has 0 aliphatic carbocycles. The molecule has 31 heavy (non-hydrogen) atoms. The molecular formula is C21H14FN3O6. The van der Waals surface area contributed by atoms with E-state index < -0.39 is 34.2 Å². The van der Waals surface area contributed by atoms with Crippen LogP contribution in [-0.2, 0) is 9.59 Å². The number of Topliss-reactive ketones (excluding diaryl/α,β-unsaturated/α-hetero) is 1. The fraction of sp³-hybridized carbons (Fsp3) is 0.0952. The number of aromatic nitrogens is 1. The van der Waals surface area contributed by atoms with Crippen LogP contribution in [0.4, 0.5) is 15.9 Å². The number of nitro benzene ring substituents is 1. The van der Waals surface area contributed by atoms with Crippen molar-refractivity contribution < 1.29 is 28.5 Å². The van der Waals surface area contributed by atoms with E-state index in [2.05, 4.69) is 5.16 Å². The molecule has 1 fully saturated rings. The first-order chi connectivity index (χ1) is 14.8. The molecule has 0 bridgehead atoms. The molecule has 3 aromatic rings. The largest absolute Gasteiger partial charge is 0.507 e. The third-order valence-corrected chi connectivity index (χ3v) is 4.84. The third kappa shape index (κ3) is 3.44. The van der Waals surface area contributed by atoms with Gasteiger partial charge in [0.05, 0.1) is 16.5 Å². The van der Waals surface area contributed by atoms with Crippen molar-refractivity contribution >= 4 is 29.0 Å². The van der Waals surface area contributed by atoms with E-state index in [0.29, 0.717) is 11.3 Å². The number of hydrogen-bond donors (Lipinski definition) is 1. The van der Waals surface area contributed by atoms with Crippen LogP contribution in [0, 0.1) is 22.9 Å². The third-order valence-electron chi connectivity index (χ3n) is 4.84. The van der Waals surface area contributed by atoms with Gasteiger partial charge < -0.3 is 9.63 Å². The van der Waals surface area contributed by atoms with Crippen LogP contribution in [0.3, 0.4) is 0 Å². The van der Waals surface area contributed by atoms with Crippen LogP contribution in [0.25, 0.3) is 5.76 Å². The number of halogens is 1. The summed E-state index contributed by atoms with van der Waals surface area (Å²) in [5.41, 5.74) is 0.0133. The van der Waals surface area contributed by atoms with Gasteiger partial charge in [-0.2, -0.15) is 0 Å². The van der Waals surface area contributed by atoms with Crippen molar-refractivity contribution in [3.8, 4) is 0 Å². The average Bonchev–Trinajstić information content (AvgIpc) is 3.29. The number of aliphatic hydroxyl groups is 1. The van der Waals surface area contributed by atoms with Gasteiger partial charge in [-0.05, 0) is 48.9 Å². The predicted molar refractivity (Wildman–Crippen MR) is 106 cm³/mol. The highest BCUT2D eigenvalue weighted by atomic mass is 19.1. The SMILES string of the molecule is Cc1cc(N2C(=O)C(=O)C(=C(O)c3ccc(F)cc3)[C@H]2c2ccc([N+](=O)[O-])cc2)no1. The molecule has 1 saturated heterocycles. The van der Waals surface area contributed by atoms with Crippen LogP contribution in [0.15, 0.2) is 64.7 Å². The van der Waals surface area contributed by atoms with E-state index in [-0.39, 0.29) is 22.6 Å². The summed E-state index contributed by atoms with van der Waals surface area (Å²) < 4.78 is 18.3. The van der Waals surface area contributed by atoms with Crippen LogP contribution in [-0.4, -0.2) is 26.9 Å². The molecule has 0 spiro atoms. The molecule has 0 unspecified atom stereocenters. The van der Waals surface area contributed by atoms with Crippen LogP contribution < -0.4 is 4.90 Å². The number of aliphatic hydroxyl groups excluding tert-OH is 1. The van der Waals surface area contributed by atoms with Gasteiger partial charge in [0.25, 0.3) is 11.5 Å². The summed E-state index contributed by atoms with van der Waals surface area (Å²) in [5, 5.41) is 25.6. The topological polar surface area (TPSA) is 127 Å². The van der Waals surface area contributed by atoms with E-state index in [1.54, 1.807) is 6.92 Å². The maximum absolute atomic E-state index is 13.3. The standard InChI is InChI=1S/C21H14FN3O6/c1-11-10-16(23-31-11)24-18(12-4-8-15(9-5-12)25(29)30)17(20(27)21(24)28)19(26)13-2-6-14(22)7-3-13/h2-10,18,26H,1H3/t18-/m1/s1. The Morgan fingerprint density at radius 3 is 2.35 bits per heavy atom. The normalized spacial score (nSPS) is 17.9. The van der Waals surface area contributed by atoms with Crippen LogP contribution >= 0.6 is 0 Å². The van der Waals surface area contributed by atoms with Gasteiger partial charge in [-0.15, -0.1) is 0 Å². The van der Waals surface area contributed by atoms with Crippen molar-refractivity contribution in [3.63, 3.8) is 0 Å². The predicted octanol–water partition coefficient (Wildman–Crippen LogP) is 3.66. The lowest BCUT2D eigenvalue weighted by Crippen LogP contribution is -2.29. The molecule has 1 atom stereocenters. The zero-order chi connectivity index (χ0) is 22.3. The second-order valence-electron chi connectivity index (χ2n) is 6.82. The van der Waals surface area contributed by atoms with E-state index >= 15 is 0 Å². The summed E-state index contributed by atoms with van der Waals surface area (Å²) in [6, 6.07) is 10.3. The van der Waals surface area contributed by atoms with Gasteiger partial charge in [-0.1, -0.05) is 5.16 Å². The van der Waals surface area contributed by atoms with E-state index in [1.165, 1.54) is 42.5 Å². The van der Waals surface area contributed by atoms with Crippen LogP contribution in [0.5, 0.6) is 0 Å². The van der Waals surface area contributed by atoms with E-state index in [9.17, 15) is 29.2 Å². The lowest BCUT2D eigenvalue weighted by Gasteiger charge is -2.22. The monoisotopic (exact) mass is 423 g/mol. The minimum atomic E-state index is -1.13. The Hall–Kier alpha value is -4.34. The highest BCUT2D eigenvalue weighted by molar-refractivity contribution is 6.51. The van der Waals surface area contributed by atoms with Crippen molar-refractivity contribution in [1.82, 2.24) is 5.16 Å². The second-order valence-corrected chi connectivity index (χ2v) is 6.82. The molecule has 0 radical (unpaired) electrons. The molecule has 1 N–H and O–H groups in total. The molecule has 4 rings (SSSR count). The smallest absolute Gasteiger partial charge is 0.301 e. The van der Waals surface area contributed by atoms with Crippen molar-refractivity contribution in [3.05, 3.63) is 93.0 Å². The highest BCUT2D eigenvalue weighted by Gasteiger charge is 2.48. The highest BCUT2D eigenvalue weighted by Crippen LogP contribution is 2.42. The molecule has 2 heterocycles. The number of anilines is 1. The minimum absolute atomic E-state index is 0.0427. The second kappa shape index (κ2) is 7.48. The average molecular weight is 423 g/mol. The van der Waals surface area contributed by atoms with Gasteiger partial charge in [0.2, 0.25) is 0 Å². The Bertz CT molecular complexity index is 1230. The quantitative estimate of drug-likeness (QED) is 0.223. The van der Waals surface area contributed by atoms with E-state index in [4.69, 9.17) is 4.52 Å². The number of carbonyl (C=O) groups is 2. The molecule has 2 aromatic carbocycles. The number of ketones is 1. The molecule has 0 saturated carbocycles. The Labute approximate surface area is 174 Å². The number of aryl methyl sites for hydroxylation is 1. The molecular weight excluding hydrogens is 409 g/mol. The first kappa shape index (κ1) is 20.0. The number of nitrogens with zero attached hydrogens (tertiary/aromatic N) is 3. The van der Waals surface area contributed by atoms with E-state index in [0.717, 1.165) is 17.0 Å².